The Bertz CT molecular complexity index is 420. The van der Waals surface area contributed by atoms with Crippen molar-refractivity contribution in [1.29, 1.82) is 0 Å². The second kappa shape index (κ2) is 8.71. The van der Waals surface area contributed by atoms with E-state index in [-0.39, 0.29) is 0 Å². The molecule has 1 atom stereocenters. The molecular weight excluding hydrogens is 282 g/mol. The Balaban J connectivity index is 2.01. The lowest BCUT2D eigenvalue weighted by atomic mass is 10.1. The number of hydrogen-bond acceptors (Lipinski definition) is 5. The lowest BCUT2D eigenvalue weighted by molar-refractivity contribution is 0.0526. The number of rotatable bonds is 8. The molecule has 5 heteroatoms. The first-order chi connectivity index (χ1) is 10.3. The van der Waals surface area contributed by atoms with Gasteiger partial charge in [-0.15, -0.1) is 11.3 Å². The number of thiazole rings is 1. The second-order valence-electron chi connectivity index (χ2n) is 5.56. The molecule has 0 bridgehead atoms. The summed E-state index contributed by atoms with van der Waals surface area (Å²) in [6, 6.07) is 0. The van der Waals surface area contributed by atoms with Crippen molar-refractivity contribution in [3.63, 3.8) is 0 Å². The van der Waals surface area contributed by atoms with Crippen LogP contribution in [0.15, 0.2) is 0 Å². The first-order valence-electron chi connectivity index (χ1n) is 8.34. The number of nitrogens with zero attached hydrogens (tertiary/aromatic N) is 2. The quantitative estimate of drug-likeness (QED) is 0.748. The molecule has 0 spiro atoms. The molecule has 120 valence electrons. The predicted molar refractivity (Wildman–Crippen MR) is 90.4 cm³/mol. The Hall–Kier alpha value is -0.650. The summed E-state index contributed by atoms with van der Waals surface area (Å²) in [5.74, 6) is 0. The van der Waals surface area contributed by atoms with Crippen molar-refractivity contribution in [2.24, 2.45) is 0 Å². The Kier molecular flexibility index (Phi) is 6.93. The smallest absolute Gasteiger partial charge is 0.185 e. The van der Waals surface area contributed by atoms with Crippen LogP contribution < -0.4 is 10.2 Å². The highest BCUT2D eigenvalue weighted by Crippen LogP contribution is 2.29. The summed E-state index contributed by atoms with van der Waals surface area (Å²) in [5, 5.41) is 4.68. The van der Waals surface area contributed by atoms with E-state index in [4.69, 9.17) is 9.72 Å². The molecule has 1 aliphatic heterocycles. The van der Waals surface area contributed by atoms with Crippen LogP contribution in [0.2, 0.25) is 0 Å². The Labute approximate surface area is 132 Å². The van der Waals surface area contributed by atoms with Crippen LogP contribution in [0.4, 0.5) is 5.13 Å². The van der Waals surface area contributed by atoms with E-state index in [1.807, 2.05) is 11.3 Å². The first kappa shape index (κ1) is 16.7. The zero-order valence-corrected chi connectivity index (χ0v) is 14.5. The van der Waals surface area contributed by atoms with Gasteiger partial charge in [0, 0.05) is 31.1 Å². The molecule has 4 nitrogen and oxygen atoms in total. The summed E-state index contributed by atoms with van der Waals surface area (Å²) in [6.07, 6.45) is 4.95. The van der Waals surface area contributed by atoms with Gasteiger partial charge in [-0.2, -0.15) is 0 Å². The molecule has 1 aromatic rings. The van der Waals surface area contributed by atoms with Gasteiger partial charge in [-0.05, 0) is 39.2 Å². The fraction of sp³-hybridized carbons (Fsp3) is 0.812. The van der Waals surface area contributed by atoms with Crippen LogP contribution in [0.25, 0.3) is 0 Å². The largest absolute Gasteiger partial charge is 0.377 e. The molecule has 1 aromatic heterocycles. The lowest BCUT2D eigenvalue weighted by Gasteiger charge is -2.32. The van der Waals surface area contributed by atoms with Gasteiger partial charge < -0.3 is 15.0 Å². The third-order valence-electron chi connectivity index (χ3n) is 3.87. The maximum atomic E-state index is 5.80. The molecule has 0 aliphatic carbocycles. The highest BCUT2D eigenvalue weighted by atomic mass is 32.1. The van der Waals surface area contributed by atoms with Crippen molar-refractivity contribution in [3.8, 4) is 0 Å². The molecule has 0 saturated carbocycles. The van der Waals surface area contributed by atoms with Gasteiger partial charge in [-0.1, -0.05) is 13.8 Å². The second-order valence-corrected chi connectivity index (χ2v) is 6.62. The van der Waals surface area contributed by atoms with Gasteiger partial charge in [0.1, 0.15) is 0 Å². The van der Waals surface area contributed by atoms with Crippen molar-refractivity contribution in [2.75, 3.05) is 31.1 Å². The fourth-order valence-corrected chi connectivity index (χ4v) is 3.93. The van der Waals surface area contributed by atoms with E-state index in [0.29, 0.717) is 6.10 Å². The number of ether oxygens (including phenoxy) is 1. The van der Waals surface area contributed by atoms with Crippen LogP contribution in [0.3, 0.4) is 0 Å². The molecule has 2 heterocycles. The number of aryl methyl sites for hydroxylation is 1. The number of nitrogens with one attached hydrogen (secondary N) is 1. The molecule has 1 aliphatic rings. The van der Waals surface area contributed by atoms with E-state index in [1.54, 1.807) is 0 Å². The molecule has 1 saturated heterocycles. The average Bonchev–Trinajstić information content (AvgIpc) is 2.91. The van der Waals surface area contributed by atoms with Crippen LogP contribution in [0.1, 0.15) is 50.6 Å². The minimum Gasteiger partial charge on any atom is -0.377 e. The summed E-state index contributed by atoms with van der Waals surface area (Å²) in [5.41, 5.74) is 1.26. The summed E-state index contributed by atoms with van der Waals surface area (Å²) in [7, 11) is 0. The molecule has 0 radical (unpaired) electrons. The highest BCUT2D eigenvalue weighted by molar-refractivity contribution is 7.15. The number of piperidine rings is 1. The highest BCUT2D eigenvalue weighted by Gasteiger charge is 2.23. The van der Waals surface area contributed by atoms with E-state index >= 15 is 0 Å². The third kappa shape index (κ3) is 4.66. The van der Waals surface area contributed by atoms with Crippen LogP contribution in [-0.2, 0) is 17.7 Å². The Morgan fingerprint density at radius 3 is 2.95 bits per heavy atom. The maximum Gasteiger partial charge on any atom is 0.185 e. The van der Waals surface area contributed by atoms with Crippen molar-refractivity contribution < 1.29 is 4.74 Å². The van der Waals surface area contributed by atoms with E-state index in [2.05, 4.69) is 31.0 Å². The average molecular weight is 311 g/mol. The van der Waals surface area contributed by atoms with E-state index in [9.17, 15) is 0 Å². The van der Waals surface area contributed by atoms with Gasteiger partial charge in [0.25, 0.3) is 0 Å². The monoisotopic (exact) mass is 311 g/mol. The van der Waals surface area contributed by atoms with Crippen LogP contribution in [0, 0.1) is 0 Å². The van der Waals surface area contributed by atoms with Gasteiger partial charge in [0.2, 0.25) is 0 Å². The summed E-state index contributed by atoms with van der Waals surface area (Å²) >= 11 is 1.86. The maximum absolute atomic E-state index is 5.80. The molecule has 1 N–H and O–H groups in total. The fourth-order valence-electron chi connectivity index (χ4n) is 2.78. The van der Waals surface area contributed by atoms with Gasteiger partial charge in [0.05, 0.1) is 11.8 Å². The number of hydrogen-bond donors (Lipinski definition) is 1. The Morgan fingerprint density at radius 2 is 2.24 bits per heavy atom. The van der Waals surface area contributed by atoms with Crippen molar-refractivity contribution in [2.45, 2.75) is 59.1 Å². The van der Waals surface area contributed by atoms with Gasteiger partial charge in [0.15, 0.2) is 5.13 Å². The van der Waals surface area contributed by atoms with E-state index in [0.717, 1.165) is 39.2 Å². The minimum atomic E-state index is 0.374. The zero-order chi connectivity index (χ0) is 15.1. The molecule has 0 aromatic carbocycles. The van der Waals surface area contributed by atoms with Crippen LogP contribution in [-0.4, -0.2) is 37.3 Å². The van der Waals surface area contributed by atoms with Gasteiger partial charge in [-0.3, -0.25) is 0 Å². The SMILES string of the molecule is CCCNCc1sc(N2CCCC(OCC)C2)nc1CC. The normalized spacial score (nSPS) is 19.2. The van der Waals surface area contributed by atoms with E-state index in [1.165, 1.54) is 35.0 Å². The van der Waals surface area contributed by atoms with Crippen molar-refractivity contribution in [3.05, 3.63) is 10.6 Å². The number of aromatic nitrogens is 1. The standard InChI is InChI=1S/C16H29N3OS/c1-4-9-17-11-15-14(5-2)18-16(21-15)19-10-7-8-13(12-19)20-6-3/h13,17H,4-12H2,1-3H3. The minimum absolute atomic E-state index is 0.374. The van der Waals surface area contributed by atoms with Crippen molar-refractivity contribution in [1.82, 2.24) is 10.3 Å². The summed E-state index contributed by atoms with van der Waals surface area (Å²) < 4.78 is 5.80. The van der Waals surface area contributed by atoms with E-state index < -0.39 is 0 Å². The van der Waals surface area contributed by atoms with Crippen molar-refractivity contribution >= 4 is 16.5 Å². The topological polar surface area (TPSA) is 37.4 Å². The molecular formula is C16H29N3OS. The molecule has 21 heavy (non-hydrogen) atoms. The molecule has 1 unspecified atom stereocenters. The lowest BCUT2D eigenvalue weighted by Crippen LogP contribution is -2.39. The number of anilines is 1. The first-order valence-corrected chi connectivity index (χ1v) is 9.15. The van der Waals surface area contributed by atoms with Gasteiger partial charge in [-0.25, -0.2) is 4.98 Å². The summed E-state index contributed by atoms with van der Waals surface area (Å²) in [4.78, 5) is 8.69. The predicted octanol–water partition coefficient (Wildman–Crippen LogP) is 3.21. The van der Waals surface area contributed by atoms with Crippen LogP contribution in [0.5, 0.6) is 0 Å². The molecule has 2 rings (SSSR count). The molecule has 0 amide bonds. The third-order valence-corrected chi connectivity index (χ3v) is 5.02. The van der Waals surface area contributed by atoms with Crippen LogP contribution >= 0.6 is 11.3 Å². The molecule has 1 fully saturated rings. The zero-order valence-electron chi connectivity index (χ0n) is 13.7. The Morgan fingerprint density at radius 1 is 1.38 bits per heavy atom. The van der Waals surface area contributed by atoms with Gasteiger partial charge >= 0.3 is 0 Å². The summed E-state index contributed by atoms with van der Waals surface area (Å²) in [6.45, 7) is 11.4.